The minimum Gasteiger partial charge on any atom is -0.507 e. The van der Waals surface area contributed by atoms with Crippen LogP contribution in [0.3, 0.4) is 0 Å². The number of nitrogens with zero attached hydrogens (tertiary/aromatic N) is 1. The number of benzene rings is 3. The number of aromatic hydroxyl groups is 2. The molecule has 3 aromatic rings. The summed E-state index contributed by atoms with van der Waals surface area (Å²) in [6, 6.07) is 14.3. The van der Waals surface area contributed by atoms with Crippen LogP contribution in [-0.2, 0) is 0 Å². The van der Waals surface area contributed by atoms with E-state index in [2.05, 4.69) is 0 Å². The van der Waals surface area contributed by atoms with Crippen LogP contribution in [0.4, 0.5) is 0 Å². The SMILES string of the molecule is COc1ccccc1C(c1cc(O)c2c(c1O)C(=O)c1ccccc1C2=O)N(CCCl)CCCl. The highest BCUT2D eigenvalue weighted by molar-refractivity contribution is 6.30. The van der Waals surface area contributed by atoms with Gasteiger partial charge in [-0.15, -0.1) is 23.2 Å². The monoisotopic (exact) mass is 499 g/mol. The number of alkyl halides is 2. The van der Waals surface area contributed by atoms with E-state index >= 15 is 0 Å². The van der Waals surface area contributed by atoms with E-state index in [0.717, 1.165) is 0 Å². The standard InChI is InChI=1S/C26H23Cl2NO5/c1-34-20-9-5-4-8-17(20)23(29(12-10-27)13-11-28)18-14-19(30)21-22(26(18)33)25(32)16-7-3-2-6-15(16)24(21)31/h2-9,14,23,30,33H,10-13H2,1H3. The Bertz CT molecular complexity index is 1250. The fraction of sp³-hybridized carbons (Fsp3) is 0.231. The van der Waals surface area contributed by atoms with Crippen molar-refractivity contribution in [1.82, 2.24) is 4.90 Å². The molecule has 0 fully saturated rings. The summed E-state index contributed by atoms with van der Waals surface area (Å²) in [7, 11) is 1.53. The van der Waals surface area contributed by atoms with Crippen molar-refractivity contribution in [2.24, 2.45) is 0 Å². The van der Waals surface area contributed by atoms with Gasteiger partial charge in [0.05, 0.1) is 24.3 Å². The molecule has 0 amide bonds. The first-order valence-corrected chi connectivity index (χ1v) is 11.8. The molecule has 176 valence electrons. The maximum atomic E-state index is 13.4. The van der Waals surface area contributed by atoms with Gasteiger partial charge in [0.25, 0.3) is 0 Å². The molecule has 0 bridgehead atoms. The van der Waals surface area contributed by atoms with E-state index in [-0.39, 0.29) is 51.1 Å². The van der Waals surface area contributed by atoms with Crippen LogP contribution in [0.5, 0.6) is 17.2 Å². The molecule has 34 heavy (non-hydrogen) atoms. The van der Waals surface area contributed by atoms with Crippen LogP contribution in [0.2, 0.25) is 0 Å². The Hall–Kier alpha value is -3.06. The second kappa shape index (κ2) is 10.1. The van der Waals surface area contributed by atoms with E-state index in [1.807, 2.05) is 23.1 Å². The van der Waals surface area contributed by atoms with E-state index in [9.17, 15) is 19.8 Å². The number of hydrogen-bond acceptors (Lipinski definition) is 6. The molecule has 0 saturated heterocycles. The van der Waals surface area contributed by atoms with Crippen molar-refractivity contribution < 1.29 is 24.5 Å². The average Bonchev–Trinajstić information content (AvgIpc) is 2.85. The van der Waals surface area contributed by atoms with Gasteiger partial charge in [-0.1, -0.05) is 42.5 Å². The van der Waals surface area contributed by atoms with E-state index < -0.39 is 17.6 Å². The second-order valence-corrected chi connectivity index (χ2v) is 8.60. The average molecular weight is 500 g/mol. The van der Waals surface area contributed by atoms with Gasteiger partial charge in [-0.3, -0.25) is 14.5 Å². The molecule has 0 saturated carbocycles. The predicted molar refractivity (Wildman–Crippen MR) is 131 cm³/mol. The Labute approximate surface area is 207 Å². The van der Waals surface area contributed by atoms with Gasteiger partial charge >= 0.3 is 0 Å². The van der Waals surface area contributed by atoms with Crippen molar-refractivity contribution in [2.75, 3.05) is 32.0 Å². The van der Waals surface area contributed by atoms with Crippen LogP contribution >= 0.6 is 23.2 Å². The summed E-state index contributed by atoms with van der Waals surface area (Å²) in [5.74, 6) is -0.684. The van der Waals surface area contributed by atoms with Crippen molar-refractivity contribution in [3.8, 4) is 17.2 Å². The quantitative estimate of drug-likeness (QED) is 0.268. The number of para-hydroxylation sites is 1. The highest BCUT2D eigenvalue weighted by Gasteiger charge is 2.38. The summed E-state index contributed by atoms with van der Waals surface area (Å²) in [6.07, 6.45) is 0. The Morgan fingerprint density at radius 2 is 1.41 bits per heavy atom. The topological polar surface area (TPSA) is 87.1 Å². The van der Waals surface area contributed by atoms with Crippen LogP contribution in [0.15, 0.2) is 54.6 Å². The number of methoxy groups -OCH3 is 1. The first-order chi connectivity index (χ1) is 16.4. The van der Waals surface area contributed by atoms with Gasteiger partial charge in [-0.25, -0.2) is 0 Å². The Balaban J connectivity index is 1.99. The van der Waals surface area contributed by atoms with E-state index in [4.69, 9.17) is 27.9 Å². The zero-order chi connectivity index (χ0) is 24.4. The number of fused-ring (bicyclic) bond motifs is 2. The number of ketones is 2. The summed E-state index contributed by atoms with van der Waals surface area (Å²) in [6.45, 7) is 0.813. The van der Waals surface area contributed by atoms with Crippen molar-refractivity contribution in [3.63, 3.8) is 0 Å². The number of carbonyl (C=O) groups is 2. The first kappa shape index (κ1) is 24.1. The highest BCUT2D eigenvalue weighted by atomic mass is 35.5. The maximum absolute atomic E-state index is 13.4. The zero-order valence-corrected chi connectivity index (χ0v) is 19.9. The van der Waals surface area contributed by atoms with Gasteiger partial charge in [-0.2, -0.15) is 0 Å². The smallest absolute Gasteiger partial charge is 0.198 e. The molecule has 0 spiro atoms. The van der Waals surface area contributed by atoms with Crippen LogP contribution in [0.25, 0.3) is 0 Å². The lowest BCUT2D eigenvalue weighted by molar-refractivity contribution is 0.0973. The summed E-state index contributed by atoms with van der Waals surface area (Å²) in [5.41, 5.74) is 0.885. The normalized spacial score (nSPS) is 13.5. The van der Waals surface area contributed by atoms with Gasteiger partial charge in [-0.05, 0) is 12.1 Å². The number of phenolic OH excluding ortho intramolecular Hbond substituents is 2. The molecule has 6 nitrogen and oxygen atoms in total. The molecule has 1 atom stereocenters. The number of carbonyl (C=O) groups excluding carboxylic acids is 2. The summed E-state index contributed by atoms with van der Waals surface area (Å²) < 4.78 is 5.56. The van der Waals surface area contributed by atoms with E-state index in [1.54, 1.807) is 18.2 Å². The Morgan fingerprint density at radius 1 is 0.853 bits per heavy atom. The van der Waals surface area contributed by atoms with Crippen LogP contribution in [0, 0.1) is 0 Å². The highest BCUT2D eigenvalue weighted by Crippen LogP contribution is 2.46. The third-order valence-electron chi connectivity index (χ3n) is 6.02. The van der Waals surface area contributed by atoms with Crippen molar-refractivity contribution in [2.45, 2.75) is 6.04 Å². The fourth-order valence-electron chi connectivity index (χ4n) is 4.53. The second-order valence-electron chi connectivity index (χ2n) is 7.85. The number of ether oxygens (including phenoxy) is 1. The van der Waals surface area contributed by atoms with Gasteiger partial charge in [0.2, 0.25) is 0 Å². The van der Waals surface area contributed by atoms with Gasteiger partial charge < -0.3 is 14.9 Å². The number of phenols is 2. The molecule has 1 aliphatic carbocycles. The molecule has 2 N–H and O–H groups in total. The lowest BCUT2D eigenvalue weighted by Gasteiger charge is -2.34. The van der Waals surface area contributed by atoms with E-state index in [1.165, 1.54) is 25.3 Å². The summed E-state index contributed by atoms with van der Waals surface area (Å²) in [4.78, 5) is 28.4. The van der Waals surface area contributed by atoms with E-state index in [0.29, 0.717) is 24.4 Å². The number of rotatable bonds is 8. The minimum absolute atomic E-state index is 0.180. The molecule has 0 aliphatic heterocycles. The molecule has 0 radical (unpaired) electrons. The van der Waals surface area contributed by atoms with Crippen molar-refractivity contribution in [1.29, 1.82) is 0 Å². The summed E-state index contributed by atoms with van der Waals surface area (Å²) in [5, 5.41) is 22.4. The lowest BCUT2D eigenvalue weighted by atomic mass is 9.80. The molecular formula is C26H23Cl2NO5. The molecule has 8 heteroatoms. The molecule has 0 aromatic heterocycles. The Kier molecular flexibility index (Phi) is 7.12. The summed E-state index contributed by atoms with van der Waals surface area (Å²) >= 11 is 12.2. The van der Waals surface area contributed by atoms with Gasteiger partial charge in [0, 0.05) is 47.1 Å². The molecule has 1 unspecified atom stereocenters. The van der Waals surface area contributed by atoms with Crippen LogP contribution in [-0.4, -0.2) is 58.6 Å². The molecule has 3 aromatic carbocycles. The van der Waals surface area contributed by atoms with Crippen LogP contribution < -0.4 is 4.74 Å². The van der Waals surface area contributed by atoms with Crippen molar-refractivity contribution in [3.05, 3.63) is 88.0 Å². The molecule has 1 aliphatic rings. The maximum Gasteiger partial charge on any atom is 0.198 e. The third-order valence-corrected chi connectivity index (χ3v) is 6.35. The van der Waals surface area contributed by atoms with Crippen LogP contribution in [0.1, 0.15) is 49.0 Å². The molecule has 0 heterocycles. The van der Waals surface area contributed by atoms with Gasteiger partial charge in [0.1, 0.15) is 17.2 Å². The van der Waals surface area contributed by atoms with Crippen molar-refractivity contribution >= 4 is 34.8 Å². The number of halogens is 2. The third kappa shape index (κ3) is 4.02. The van der Waals surface area contributed by atoms with Gasteiger partial charge in [0.15, 0.2) is 11.6 Å². The number of hydrogen-bond donors (Lipinski definition) is 2. The first-order valence-electron chi connectivity index (χ1n) is 10.7. The largest absolute Gasteiger partial charge is 0.507 e. The molecular weight excluding hydrogens is 477 g/mol. The fourth-order valence-corrected chi connectivity index (χ4v) is 4.96. The molecule has 4 rings (SSSR count). The predicted octanol–water partition coefficient (Wildman–Crippen LogP) is 4.75. The zero-order valence-electron chi connectivity index (χ0n) is 18.4. The Morgan fingerprint density at radius 3 is 2.00 bits per heavy atom. The minimum atomic E-state index is -0.662. The lowest BCUT2D eigenvalue weighted by Crippen LogP contribution is -2.34.